The maximum atomic E-state index is 14.5. The van der Waals surface area contributed by atoms with Crippen LogP contribution in [0, 0.1) is 5.92 Å². The van der Waals surface area contributed by atoms with E-state index in [1.807, 2.05) is 23.5 Å². The Labute approximate surface area is 460 Å². The van der Waals surface area contributed by atoms with Crippen LogP contribution in [0.1, 0.15) is 83.9 Å². The number of carbonyl (C=O) groups is 1. The lowest BCUT2D eigenvalue weighted by molar-refractivity contribution is -0.122. The summed E-state index contributed by atoms with van der Waals surface area (Å²) in [6.45, 7) is 5.68. The molecule has 388 valence electrons. The highest BCUT2D eigenvalue weighted by atomic mass is 32.2. The summed E-state index contributed by atoms with van der Waals surface area (Å²) in [5.74, 6) is 2.27. The number of carbonyl (C=O) groups excluding carboxylic acids is 1. The van der Waals surface area contributed by atoms with Crippen molar-refractivity contribution >= 4 is 45.9 Å². The molecular weight excluding hydrogens is 969 g/mol. The summed E-state index contributed by atoms with van der Waals surface area (Å²) >= 11 is 3.86. The van der Waals surface area contributed by atoms with Gasteiger partial charge in [0.15, 0.2) is 0 Å². The molecule has 8 aromatic rings. The summed E-state index contributed by atoms with van der Waals surface area (Å²) in [5, 5.41) is 10.7. The number of rotatable bonds is 24. The first-order valence-corrected chi connectivity index (χ1v) is 29.4. The molecule has 2 bridgehead atoms. The van der Waals surface area contributed by atoms with E-state index < -0.39 is 9.49 Å². The third kappa shape index (κ3) is 11.6. The highest BCUT2D eigenvalue weighted by molar-refractivity contribution is 8.00. The first-order chi connectivity index (χ1) is 37.5. The Kier molecular flexibility index (Phi) is 17.9. The summed E-state index contributed by atoms with van der Waals surface area (Å²) in [4.78, 5) is 25.3. The summed E-state index contributed by atoms with van der Waals surface area (Å²) in [5.41, 5.74) is 9.98. The summed E-state index contributed by atoms with van der Waals surface area (Å²) in [7, 11) is 1.69. The number of amides is 1. The molecule has 1 amide bonds. The van der Waals surface area contributed by atoms with Crippen molar-refractivity contribution in [2.45, 2.75) is 66.5 Å². The molecule has 2 aliphatic heterocycles. The molecule has 0 aromatic heterocycles. The normalized spacial score (nSPS) is 18.0. The maximum Gasteiger partial charge on any atom is 0.234 e. The van der Waals surface area contributed by atoms with E-state index in [4.69, 9.17) is 9.99 Å². The summed E-state index contributed by atoms with van der Waals surface area (Å²) in [6.07, 6.45) is 5.27. The second-order valence-electron chi connectivity index (χ2n) is 20.4. The number of oxime groups is 1. The molecule has 2 aliphatic rings. The van der Waals surface area contributed by atoms with Gasteiger partial charge in [0.2, 0.25) is 5.91 Å². The minimum absolute atomic E-state index is 0.0653. The first kappa shape index (κ1) is 53.0. The van der Waals surface area contributed by atoms with E-state index in [1.54, 1.807) is 7.11 Å². The minimum Gasteiger partial charge on any atom is -0.399 e. The molecule has 76 heavy (non-hydrogen) atoms. The van der Waals surface area contributed by atoms with E-state index in [1.165, 1.54) is 56.1 Å². The van der Waals surface area contributed by atoms with Gasteiger partial charge in [0.25, 0.3) is 0 Å². The molecule has 0 saturated carbocycles. The highest BCUT2D eigenvalue weighted by Crippen LogP contribution is 2.51. The molecule has 6 nitrogen and oxygen atoms in total. The number of nitrogens with one attached hydrogen (secondary N) is 1. The molecule has 4 atom stereocenters. The van der Waals surface area contributed by atoms with Crippen LogP contribution in [0.25, 0.3) is 10.8 Å². The number of fused-ring (bicyclic) bond motifs is 3. The van der Waals surface area contributed by atoms with Crippen molar-refractivity contribution in [2.75, 3.05) is 51.3 Å². The number of nitrogens with zero attached hydrogens (tertiary/aromatic N) is 3. The van der Waals surface area contributed by atoms with Gasteiger partial charge in [-0.05, 0) is 101 Å². The van der Waals surface area contributed by atoms with E-state index in [0.717, 1.165) is 62.5 Å². The molecule has 2 fully saturated rings. The Hall–Kier alpha value is -6.42. The Morgan fingerprint density at radius 3 is 1.57 bits per heavy atom. The van der Waals surface area contributed by atoms with Crippen molar-refractivity contribution < 1.29 is 9.63 Å². The molecule has 2 heterocycles. The SMILES string of the molecule is CC/C(=N\OC)[C@@H]1C2CCC(C[C@@H]1c1ccc3ccccc3c1)N2CCCN(CCSC(c1ccccc1)(c1ccccc1)c1ccccc1)CC(=O)NCCSC(c1ccccc1)(c1ccccc1)c1ccccc1. The van der Waals surface area contributed by atoms with E-state index in [0.29, 0.717) is 31.1 Å². The minimum atomic E-state index is -0.448. The molecule has 2 saturated heterocycles. The van der Waals surface area contributed by atoms with Crippen molar-refractivity contribution in [2.24, 2.45) is 11.1 Å². The number of hydrogen-bond donors (Lipinski definition) is 1. The van der Waals surface area contributed by atoms with Gasteiger partial charge in [0.1, 0.15) is 7.11 Å². The second kappa shape index (κ2) is 25.6. The quantitative estimate of drug-likeness (QED) is 0.0282. The molecule has 10 rings (SSSR count). The smallest absolute Gasteiger partial charge is 0.234 e. The van der Waals surface area contributed by atoms with Crippen molar-refractivity contribution in [3.8, 4) is 0 Å². The predicted molar refractivity (Wildman–Crippen MR) is 320 cm³/mol. The van der Waals surface area contributed by atoms with Crippen molar-refractivity contribution in [3.63, 3.8) is 0 Å². The largest absolute Gasteiger partial charge is 0.399 e. The van der Waals surface area contributed by atoms with E-state index in [-0.39, 0.29) is 11.8 Å². The Morgan fingerprint density at radius 2 is 1.08 bits per heavy atom. The van der Waals surface area contributed by atoms with E-state index in [9.17, 15) is 4.79 Å². The average molecular weight is 1040 g/mol. The van der Waals surface area contributed by atoms with Crippen molar-refractivity contribution in [1.82, 2.24) is 15.1 Å². The van der Waals surface area contributed by atoms with Gasteiger partial charge in [-0.3, -0.25) is 14.6 Å². The van der Waals surface area contributed by atoms with Crippen LogP contribution in [-0.2, 0) is 19.1 Å². The van der Waals surface area contributed by atoms with Crippen LogP contribution in [0.15, 0.2) is 230 Å². The number of benzene rings is 8. The van der Waals surface area contributed by atoms with Crippen molar-refractivity contribution in [3.05, 3.63) is 263 Å². The summed E-state index contributed by atoms with van der Waals surface area (Å²) < 4.78 is -0.891. The van der Waals surface area contributed by atoms with Crippen LogP contribution in [0.4, 0.5) is 0 Å². The lowest BCUT2D eigenvalue weighted by Crippen LogP contribution is -2.51. The fraction of sp³-hybridized carbons (Fsp3) is 0.294. The third-order valence-electron chi connectivity index (χ3n) is 16.0. The third-order valence-corrected chi connectivity index (χ3v) is 19.1. The molecular formula is C68H72N4O2S2. The monoisotopic (exact) mass is 1040 g/mol. The van der Waals surface area contributed by atoms with E-state index in [2.05, 4.69) is 246 Å². The standard InChI is InChI=1S/C68H72N4O2S2/c1-3-63(70-74-2)66-62(54-40-39-52-25-22-23-26-53(52)49-54)50-61-41-42-64(66)72(61)45-24-44-71(46-48-76-68(58-33-16-7-17-34-58,59-35-18-8-19-36-59)60-37-20-9-21-38-60)51-65(73)69-43-47-75-67(55-27-10-4-11-28-55,56-29-12-5-13-30-56)57-31-14-6-15-32-57/h4-23,25-40,49,61-62,64,66H,3,24,41-48,50-51H2,1-2H3,(H,69,73)/b70-63+/t61?,62-,64?,66-/m1/s1. The van der Waals surface area contributed by atoms with Crippen LogP contribution in [0.2, 0.25) is 0 Å². The molecule has 8 aromatic carbocycles. The number of thioether (sulfide) groups is 2. The van der Waals surface area contributed by atoms with Gasteiger partial charge >= 0.3 is 0 Å². The van der Waals surface area contributed by atoms with Crippen LogP contribution < -0.4 is 5.32 Å². The molecule has 2 unspecified atom stereocenters. The lowest BCUT2D eigenvalue weighted by Gasteiger charge is -2.45. The van der Waals surface area contributed by atoms with Gasteiger partial charge in [0.05, 0.1) is 21.8 Å². The zero-order chi connectivity index (χ0) is 52.0. The van der Waals surface area contributed by atoms with Gasteiger partial charge in [0, 0.05) is 42.6 Å². The van der Waals surface area contributed by atoms with Crippen LogP contribution in [0.5, 0.6) is 0 Å². The number of piperidine rings is 1. The molecule has 0 aliphatic carbocycles. The predicted octanol–water partition coefficient (Wildman–Crippen LogP) is 14.4. The lowest BCUT2D eigenvalue weighted by atomic mass is 9.72. The first-order valence-electron chi connectivity index (χ1n) is 27.5. The zero-order valence-corrected chi connectivity index (χ0v) is 45.8. The fourth-order valence-electron chi connectivity index (χ4n) is 12.6. The molecule has 8 heteroatoms. The Bertz CT molecular complexity index is 2900. The fourth-order valence-corrected chi connectivity index (χ4v) is 15.6. The molecule has 0 spiro atoms. The van der Waals surface area contributed by atoms with Gasteiger partial charge in [-0.1, -0.05) is 237 Å². The van der Waals surface area contributed by atoms with Gasteiger partial charge in [-0.25, -0.2) is 0 Å². The molecule has 1 N–H and O–H groups in total. The maximum absolute atomic E-state index is 14.5. The molecule has 0 radical (unpaired) electrons. The zero-order valence-electron chi connectivity index (χ0n) is 44.1. The van der Waals surface area contributed by atoms with Crippen molar-refractivity contribution in [1.29, 1.82) is 0 Å². The Morgan fingerprint density at radius 1 is 0.605 bits per heavy atom. The topological polar surface area (TPSA) is 57.2 Å². The van der Waals surface area contributed by atoms with Crippen LogP contribution in [0.3, 0.4) is 0 Å². The van der Waals surface area contributed by atoms with E-state index >= 15 is 0 Å². The number of hydrogen-bond acceptors (Lipinski definition) is 7. The second-order valence-corrected chi connectivity index (χ2v) is 23.0. The van der Waals surface area contributed by atoms with Crippen LogP contribution in [-0.4, -0.2) is 84.8 Å². The highest BCUT2D eigenvalue weighted by Gasteiger charge is 2.49. The average Bonchev–Trinajstić information content (AvgIpc) is 3.85. The Balaban J connectivity index is 0.885. The van der Waals surface area contributed by atoms with Gasteiger partial charge in [-0.15, -0.1) is 23.5 Å². The summed E-state index contributed by atoms with van der Waals surface area (Å²) in [6, 6.07) is 82.0. The van der Waals surface area contributed by atoms with Gasteiger partial charge in [-0.2, -0.15) is 0 Å². The van der Waals surface area contributed by atoms with Crippen LogP contribution >= 0.6 is 23.5 Å². The van der Waals surface area contributed by atoms with Gasteiger partial charge < -0.3 is 10.2 Å².